The van der Waals surface area contributed by atoms with Gasteiger partial charge >= 0.3 is 6.09 Å². The van der Waals surface area contributed by atoms with Gasteiger partial charge in [0.1, 0.15) is 17.2 Å². The molecule has 1 aromatic carbocycles. The van der Waals surface area contributed by atoms with Crippen molar-refractivity contribution >= 4 is 6.09 Å². The van der Waals surface area contributed by atoms with Gasteiger partial charge in [0.15, 0.2) is 0 Å². The van der Waals surface area contributed by atoms with Gasteiger partial charge in [-0.05, 0) is 38.5 Å². The molecule has 0 radical (unpaired) electrons. The Balaban J connectivity index is 2.56. The number of alkyl carbamates (subject to hydrolysis) is 1. The van der Waals surface area contributed by atoms with Crippen LogP contribution in [0.1, 0.15) is 32.4 Å². The molecule has 19 heavy (non-hydrogen) atoms. The summed E-state index contributed by atoms with van der Waals surface area (Å²) in [7, 11) is 0. The number of carbonyl (C=O) groups excluding carboxylic acids is 1. The molecule has 0 aromatic heterocycles. The standard InChI is InChI=1S/C13H18F2N2O2/c1-13(2,3)19-12(18)17-7-11(16)8-4-9(14)6-10(15)5-8/h4-6,11H,7,16H2,1-3H3,(H,17,18). The van der Waals surface area contributed by atoms with Gasteiger partial charge in [0.2, 0.25) is 0 Å². The normalized spacial score (nSPS) is 12.9. The largest absolute Gasteiger partial charge is 0.444 e. The molecule has 0 saturated heterocycles. The van der Waals surface area contributed by atoms with Crippen LogP contribution in [0, 0.1) is 11.6 Å². The minimum atomic E-state index is -0.710. The molecular weight excluding hydrogens is 254 g/mol. The molecule has 1 aromatic rings. The zero-order chi connectivity index (χ0) is 14.6. The van der Waals surface area contributed by atoms with E-state index in [1.165, 1.54) is 0 Å². The van der Waals surface area contributed by atoms with Crippen molar-refractivity contribution in [3.05, 3.63) is 35.4 Å². The first-order valence-electron chi connectivity index (χ1n) is 5.86. The number of carbonyl (C=O) groups is 1. The lowest BCUT2D eigenvalue weighted by Crippen LogP contribution is -2.36. The molecule has 0 spiro atoms. The fraction of sp³-hybridized carbons (Fsp3) is 0.462. The van der Waals surface area contributed by atoms with E-state index in [9.17, 15) is 13.6 Å². The molecule has 0 saturated carbocycles. The maximum Gasteiger partial charge on any atom is 0.407 e. The van der Waals surface area contributed by atoms with E-state index >= 15 is 0 Å². The quantitative estimate of drug-likeness (QED) is 0.888. The predicted octanol–water partition coefficient (Wildman–Crippen LogP) is 2.49. The molecule has 0 fully saturated rings. The first-order chi connectivity index (χ1) is 8.67. The highest BCUT2D eigenvalue weighted by Gasteiger charge is 2.17. The van der Waals surface area contributed by atoms with Crippen LogP contribution in [0.5, 0.6) is 0 Å². The second-order valence-corrected chi connectivity index (χ2v) is 5.19. The van der Waals surface area contributed by atoms with Gasteiger partial charge in [-0.2, -0.15) is 0 Å². The van der Waals surface area contributed by atoms with Crippen LogP contribution in [-0.2, 0) is 4.74 Å². The van der Waals surface area contributed by atoms with Gasteiger partial charge in [0, 0.05) is 18.7 Å². The molecule has 106 valence electrons. The van der Waals surface area contributed by atoms with E-state index in [2.05, 4.69) is 5.32 Å². The molecule has 1 amide bonds. The van der Waals surface area contributed by atoms with Crippen LogP contribution < -0.4 is 11.1 Å². The maximum absolute atomic E-state index is 13.0. The van der Waals surface area contributed by atoms with Gasteiger partial charge in [-0.15, -0.1) is 0 Å². The van der Waals surface area contributed by atoms with Crippen molar-refractivity contribution < 1.29 is 18.3 Å². The number of nitrogens with two attached hydrogens (primary N) is 1. The second kappa shape index (κ2) is 5.97. The maximum atomic E-state index is 13.0. The number of hydrogen-bond acceptors (Lipinski definition) is 3. The van der Waals surface area contributed by atoms with Crippen molar-refractivity contribution in [3.63, 3.8) is 0 Å². The minimum Gasteiger partial charge on any atom is -0.444 e. The summed E-state index contributed by atoms with van der Waals surface area (Å²) >= 11 is 0. The topological polar surface area (TPSA) is 64.3 Å². The highest BCUT2D eigenvalue weighted by Crippen LogP contribution is 2.14. The van der Waals surface area contributed by atoms with Crippen LogP contribution in [0.3, 0.4) is 0 Å². The second-order valence-electron chi connectivity index (χ2n) is 5.19. The van der Waals surface area contributed by atoms with Gasteiger partial charge < -0.3 is 15.8 Å². The summed E-state index contributed by atoms with van der Waals surface area (Å²) in [6, 6.07) is 2.31. The van der Waals surface area contributed by atoms with Crippen LogP contribution in [0.4, 0.5) is 13.6 Å². The summed E-state index contributed by atoms with van der Waals surface area (Å²) in [5.41, 5.74) is 5.40. The molecule has 1 atom stereocenters. The van der Waals surface area contributed by atoms with E-state index in [0.29, 0.717) is 0 Å². The lowest BCUT2D eigenvalue weighted by atomic mass is 10.1. The number of ether oxygens (including phenoxy) is 1. The Labute approximate surface area is 110 Å². The van der Waals surface area contributed by atoms with E-state index in [1.807, 2.05) is 0 Å². The lowest BCUT2D eigenvalue weighted by Gasteiger charge is -2.21. The smallest absolute Gasteiger partial charge is 0.407 e. The highest BCUT2D eigenvalue weighted by atomic mass is 19.1. The van der Waals surface area contributed by atoms with Crippen molar-refractivity contribution in [3.8, 4) is 0 Å². The minimum absolute atomic E-state index is 0.0256. The average molecular weight is 272 g/mol. The van der Waals surface area contributed by atoms with Gasteiger partial charge in [0.25, 0.3) is 0 Å². The Morgan fingerprint density at radius 3 is 2.32 bits per heavy atom. The molecule has 0 bridgehead atoms. The summed E-state index contributed by atoms with van der Waals surface area (Å²) in [6.07, 6.45) is -0.625. The third-order valence-corrected chi connectivity index (χ3v) is 2.18. The average Bonchev–Trinajstić information content (AvgIpc) is 2.22. The first kappa shape index (κ1) is 15.4. The SMILES string of the molecule is CC(C)(C)OC(=O)NCC(N)c1cc(F)cc(F)c1. The van der Waals surface area contributed by atoms with Crippen molar-refractivity contribution in [1.82, 2.24) is 5.32 Å². The number of rotatable bonds is 3. The zero-order valence-corrected chi connectivity index (χ0v) is 11.2. The Morgan fingerprint density at radius 2 is 1.84 bits per heavy atom. The molecule has 0 aliphatic heterocycles. The third kappa shape index (κ3) is 5.65. The third-order valence-electron chi connectivity index (χ3n) is 2.18. The molecule has 0 aliphatic rings. The van der Waals surface area contributed by atoms with Crippen molar-refractivity contribution in [2.75, 3.05) is 6.54 Å². The number of halogens is 2. The molecule has 0 heterocycles. The number of amides is 1. The number of hydrogen-bond donors (Lipinski definition) is 2. The van der Waals surface area contributed by atoms with Crippen LogP contribution in [0.15, 0.2) is 18.2 Å². The Bertz CT molecular complexity index is 438. The van der Waals surface area contributed by atoms with Gasteiger partial charge in [-0.1, -0.05) is 0 Å². The van der Waals surface area contributed by atoms with E-state index in [1.54, 1.807) is 20.8 Å². The zero-order valence-electron chi connectivity index (χ0n) is 11.2. The van der Waals surface area contributed by atoms with E-state index in [0.717, 1.165) is 18.2 Å². The molecular formula is C13H18F2N2O2. The fourth-order valence-electron chi connectivity index (χ4n) is 1.41. The van der Waals surface area contributed by atoms with E-state index < -0.39 is 29.4 Å². The first-order valence-corrected chi connectivity index (χ1v) is 5.86. The Morgan fingerprint density at radius 1 is 1.32 bits per heavy atom. The molecule has 0 aliphatic carbocycles. The molecule has 1 rings (SSSR count). The van der Waals surface area contributed by atoms with Crippen LogP contribution >= 0.6 is 0 Å². The Hall–Kier alpha value is -1.69. The highest BCUT2D eigenvalue weighted by molar-refractivity contribution is 5.67. The van der Waals surface area contributed by atoms with Crippen LogP contribution in [0.25, 0.3) is 0 Å². The van der Waals surface area contributed by atoms with Crippen molar-refractivity contribution in [2.45, 2.75) is 32.4 Å². The fourth-order valence-corrected chi connectivity index (χ4v) is 1.41. The van der Waals surface area contributed by atoms with Gasteiger partial charge in [0.05, 0.1) is 0 Å². The summed E-state index contributed by atoms with van der Waals surface area (Å²) < 4.78 is 31.0. The van der Waals surface area contributed by atoms with Crippen LogP contribution in [-0.4, -0.2) is 18.2 Å². The Kier molecular flexibility index (Phi) is 4.83. The molecule has 1 unspecified atom stereocenters. The van der Waals surface area contributed by atoms with Gasteiger partial charge in [-0.3, -0.25) is 0 Å². The molecule has 3 N–H and O–H groups in total. The summed E-state index contributed by atoms with van der Waals surface area (Å²) in [4.78, 5) is 11.4. The summed E-state index contributed by atoms with van der Waals surface area (Å²) in [5, 5.41) is 2.45. The summed E-state index contributed by atoms with van der Waals surface area (Å²) in [6.45, 7) is 5.22. The summed E-state index contributed by atoms with van der Waals surface area (Å²) in [5.74, 6) is -1.41. The monoisotopic (exact) mass is 272 g/mol. The molecule has 6 heteroatoms. The predicted molar refractivity (Wildman–Crippen MR) is 67.5 cm³/mol. The van der Waals surface area contributed by atoms with Crippen molar-refractivity contribution in [1.29, 1.82) is 0 Å². The lowest BCUT2D eigenvalue weighted by molar-refractivity contribution is 0.0524. The van der Waals surface area contributed by atoms with Gasteiger partial charge in [-0.25, -0.2) is 13.6 Å². The number of benzene rings is 1. The van der Waals surface area contributed by atoms with Crippen molar-refractivity contribution in [2.24, 2.45) is 5.73 Å². The van der Waals surface area contributed by atoms with E-state index in [-0.39, 0.29) is 12.1 Å². The van der Waals surface area contributed by atoms with E-state index in [4.69, 9.17) is 10.5 Å². The molecule has 4 nitrogen and oxygen atoms in total. The number of nitrogens with one attached hydrogen (secondary N) is 1. The van der Waals surface area contributed by atoms with Crippen LogP contribution in [0.2, 0.25) is 0 Å².